The van der Waals surface area contributed by atoms with Crippen molar-refractivity contribution in [1.29, 1.82) is 0 Å². The van der Waals surface area contributed by atoms with Gasteiger partial charge in [-0.15, -0.1) is 0 Å². The van der Waals surface area contributed by atoms with Gasteiger partial charge in [0.15, 0.2) is 0 Å². The average molecular weight is 182 g/mol. The smallest absolute Gasteiger partial charge is 0.305 e. The van der Waals surface area contributed by atoms with Crippen LogP contribution in [-0.2, 0) is 14.3 Å². The van der Waals surface area contributed by atoms with E-state index in [1.807, 2.05) is 6.92 Å². The Hall–Kier alpha value is -1.30. The van der Waals surface area contributed by atoms with Gasteiger partial charge in [-0.3, -0.25) is 9.59 Å². The fourth-order valence-corrected chi connectivity index (χ4v) is 0.745. The first-order valence-electron chi connectivity index (χ1n) is 4.29. The molecule has 0 aliphatic carbocycles. The standard InChI is InChI=1S/C10H14O3/c1-3-4-6-9(11)7-5-8-10(12)13-2/h3,5,7-8H2,1-2H3. The van der Waals surface area contributed by atoms with Gasteiger partial charge in [0.05, 0.1) is 7.11 Å². The summed E-state index contributed by atoms with van der Waals surface area (Å²) in [5, 5.41) is 0. The Balaban J connectivity index is 3.54. The Labute approximate surface area is 78.5 Å². The number of hydrogen-bond acceptors (Lipinski definition) is 3. The second-order valence-electron chi connectivity index (χ2n) is 2.51. The molecular weight excluding hydrogens is 168 g/mol. The molecule has 0 unspecified atom stereocenters. The number of ether oxygens (including phenoxy) is 1. The van der Waals surface area contributed by atoms with E-state index in [1.165, 1.54) is 7.11 Å². The predicted octanol–water partition coefficient (Wildman–Crippen LogP) is 1.31. The number of ketones is 1. The third kappa shape index (κ3) is 7.07. The van der Waals surface area contributed by atoms with Crippen LogP contribution >= 0.6 is 0 Å². The summed E-state index contributed by atoms with van der Waals surface area (Å²) < 4.78 is 4.43. The Morgan fingerprint density at radius 1 is 1.31 bits per heavy atom. The van der Waals surface area contributed by atoms with Crippen LogP contribution in [0.5, 0.6) is 0 Å². The first kappa shape index (κ1) is 11.7. The van der Waals surface area contributed by atoms with Gasteiger partial charge in [-0.2, -0.15) is 0 Å². The molecule has 0 bridgehead atoms. The molecule has 0 spiro atoms. The van der Waals surface area contributed by atoms with E-state index in [0.29, 0.717) is 19.3 Å². The molecule has 0 aromatic carbocycles. The maximum Gasteiger partial charge on any atom is 0.305 e. The lowest BCUT2D eigenvalue weighted by Gasteiger charge is -1.95. The van der Waals surface area contributed by atoms with E-state index in [0.717, 1.165) is 0 Å². The molecule has 0 aromatic rings. The Morgan fingerprint density at radius 3 is 2.54 bits per heavy atom. The number of hydrogen-bond donors (Lipinski definition) is 0. The Morgan fingerprint density at radius 2 is 2.00 bits per heavy atom. The van der Waals surface area contributed by atoms with Crippen LogP contribution in [0.2, 0.25) is 0 Å². The number of esters is 1. The van der Waals surface area contributed by atoms with Gasteiger partial charge < -0.3 is 4.74 Å². The zero-order chi connectivity index (χ0) is 10.1. The molecule has 3 nitrogen and oxygen atoms in total. The molecule has 0 aliphatic rings. The zero-order valence-corrected chi connectivity index (χ0v) is 8.05. The summed E-state index contributed by atoms with van der Waals surface area (Å²) in [5.74, 6) is 4.78. The maximum atomic E-state index is 10.9. The van der Waals surface area contributed by atoms with Crippen molar-refractivity contribution in [2.24, 2.45) is 0 Å². The van der Waals surface area contributed by atoms with Crippen LogP contribution in [0.15, 0.2) is 0 Å². The van der Waals surface area contributed by atoms with Gasteiger partial charge in [-0.1, -0.05) is 12.8 Å². The van der Waals surface area contributed by atoms with E-state index < -0.39 is 0 Å². The fourth-order valence-electron chi connectivity index (χ4n) is 0.745. The SMILES string of the molecule is CCC#CC(=O)CCCC(=O)OC. The lowest BCUT2D eigenvalue weighted by Crippen LogP contribution is -2.01. The first-order valence-corrected chi connectivity index (χ1v) is 4.29. The summed E-state index contributed by atoms with van der Waals surface area (Å²) in [7, 11) is 1.33. The van der Waals surface area contributed by atoms with Gasteiger partial charge in [-0.25, -0.2) is 0 Å². The minimum Gasteiger partial charge on any atom is -0.469 e. The summed E-state index contributed by atoms with van der Waals surface area (Å²) in [5.41, 5.74) is 0. The molecule has 0 atom stereocenters. The molecule has 0 rings (SSSR count). The lowest BCUT2D eigenvalue weighted by atomic mass is 10.2. The normalized spacial score (nSPS) is 8.46. The van der Waals surface area contributed by atoms with Crippen LogP contribution in [0, 0.1) is 11.8 Å². The minimum absolute atomic E-state index is 0.106. The van der Waals surface area contributed by atoms with Crippen molar-refractivity contribution in [3.63, 3.8) is 0 Å². The van der Waals surface area contributed by atoms with Crippen molar-refractivity contribution in [3.05, 3.63) is 0 Å². The maximum absolute atomic E-state index is 10.9. The summed E-state index contributed by atoms with van der Waals surface area (Å²) in [6, 6.07) is 0. The molecule has 0 radical (unpaired) electrons. The molecular formula is C10H14O3. The van der Waals surface area contributed by atoms with Crippen molar-refractivity contribution in [1.82, 2.24) is 0 Å². The second kappa shape index (κ2) is 7.35. The molecule has 0 N–H and O–H groups in total. The van der Waals surface area contributed by atoms with Gasteiger partial charge in [0.25, 0.3) is 0 Å². The zero-order valence-electron chi connectivity index (χ0n) is 8.05. The molecule has 0 heterocycles. The van der Waals surface area contributed by atoms with Crippen molar-refractivity contribution in [3.8, 4) is 11.8 Å². The van der Waals surface area contributed by atoms with Crippen LogP contribution in [0.25, 0.3) is 0 Å². The van der Waals surface area contributed by atoms with E-state index in [-0.39, 0.29) is 18.2 Å². The van der Waals surface area contributed by atoms with E-state index >= 15 is 0 Å². The molecule has 13 heavy (non-hydrogen) atoms. The van der Waals surface area contributed by atoms with Crippen LogP contribution < -0.4 is 0 Å². The van der Waals surface area contributed by atoms with E-state index in [9.17, 15) is 9.59 Å². The molecule has 0 saturated heterocycles. The topological polar surface area (TPSA) is 43.4 Å². The molecule has 0 amide bonds. The summed E-state index contributed by atoms with van der Waals surface area (Å²) in [4.78, 5) is 21.6. The molecule has 0 fully saturated rings. The third-order valence-electron chi connectivity index (χ3n) is 1.42. The predicted molar refractivity (Wildman–Crippen MR) is 48.9 cm³/mol. The average Bonchev–Trinajstić information content (AvgIpc) is 2.14. The van der Waals surface area contributed by atoms with Crippen molar-refractivity contribution in [2.75, 3.05) is 7.11 Å². The highest BCUT2D eigenvalue weighted by molar-refractivity contribution is 5.95. The Bertz CT molecular complexity index is 232. The molecule has 0 saturated carbocycles. The summed E-state index contributed by atoms with van der Waals surface area (Å²) >= 11 is 0. The fraction of sp³-hybridized carbons (Fsp3) is 0.600. The van der Waals surface area contributed by atoms with E-state index in [4.69, 9.17) is 0 Å². The largest absolute Gasteiger partial charge is 0.469 e. The van der Waals surface area contributed by atoms with Gasteiger partial charge in [-0.05, 0) is 12.3 Å². The molecule has 72 valence electrons. The minimum atomic E-state index is -0.281. The first-order chi connectivity index (χ1) is 6.20. The van der Waals surface area contributed by atoms with Crippen molar-refractivity contribution >= 4 is 11.8 Å². The molecule has 3 heteroatoms. The number of carbonyl (C=O) groups excluding carboxylic acids is 2. The van der Waals surface area contributed by atoms with Gasteiger partial charge in [0.2, 0.25) is 5.78 Å². The van der Waals surface area contributed by atoms with E-state index in [2.05, 4.69) is 16.6 Å². The summed E-state index contributed by atoms with van der Waals surface area (Å²) in [6.45, 7) is 1.88. The quantitative estimate of drug-likeness (QED) is 0.374. The van der Waals surface area contributed by atoms with Gasteiger partial charge in [0.1, 0.15) is 0 Å². The van der Waals surface area contributed by atoms with Crippen LogP contribution in [0.1, 0.15) is 32.6 Å². The van der Waals surface area contributed by atoms with Gasteiger partial charge in [0, 0.05) is 19.3 Å². The molecule has 0 aromatic heterocycles. The second-order valence-corrected chi connectivity index (χ2v) is 2.51. The monoisotopic (exact) mass is 182 g/mol. The number of rotatable bonds is 4. The Kier molecular flexibility index (Phi) is 6.62. The summed E-state index contributed by atoms with van der Waals surface area (Å²) in [6.07, 6.45) is 1.82. The number of methoxy groups -OCH3 is 1. The highest BCUT2D eigenvalue weighted by Crippen LogP contribution is 1.97. The van der Waals surface area contributed by atoms with Crippen LogP contribution in [-0.4, -0.2) is 18.9 Å². The van der Waals surface area contributed by atoms with Gasteiger partial charge >= 0.3 is 5.97 Å². The highest BCUT2D eigenvalue weighted by atomic mass is 16.5. The molecule has 0 aliphatic heterocycles. The number of Topliss-reactive ketones (excluding diaryl/α,β-unsaturated/α-hetero) is 1. The van der Waals surface area contributed by atoms with Crippen molar-refractivity contribution < 1.29 is 14.3 Å². The van der Waals surface area contributed by atoms with Crippen LogP contribution in [0.4, 0.5) is 0 Å². The van der Waals surface area contributed by atoms with E-state index in [1.54, 1.807) is 0 Å². The van der Waals surface area contributed by atoms with Crippen molar-refractivity contribution in [2.45, 2.75) is 32.6 Å². The highest BCUT2D eigenvalue weighted by Gasteiger charge is 2.02. The number of carbonyl (C=O) groups is 2. The van der Waals surface area contributed by atoms with Crippen LogP contribution in [0.3, 0.4) is 0 Å². The lowest BCUT2D eigenvalue weighted by molar-refractivity contribution is -0.140. The third-order valence-corrected chi connectivity index (χ3v) is 1.42.